The van der Waals surface area contributed by atoms with Crippen molar-refractivity contribution in [3.63, 3.8) is 0 Å². The third-order valence-corrected chi connectivity index (χ3v) is 4.62. The number of halogens is 1. The average molecular weight is 273 g/mol. The van der Waals surface area contributed by atoms with Gasteiger partial charge in [-0.05, 0) is 30.7 Å². The Kier molecular flexibility index (Phi) is 4.42. The lowest BCUT2D eigenvalue weighted by atomic mass is 10.1. The largest absolute Gasteiger partial charge is 0.370 e. The molecule has 2 rings (SSSR count). The van der Waals surface area contributed by atoms with Crippen LogP contribution >= 0.6 is 11.6 Å². The molecular formula is C12H17ClN2OS. The van der Waals surface area contributed by atoms with Gasteiger partial charge in [-0.3, -0.25) is 4.21 Å². The first-order chi connectivity index (χ1) is 8.20. The molecule has 0 radical (unpaired) electrons. The van der Waals surface area contributed by atoms with E-state index in [1.54, 1.807) is 0 Å². The van der Waals surface area contributed by atoms with Gasteiger partial charge in [0.2, 0.25) is 0 Å². The molecule has 0 saturated carbocycles. The van der Waals surface area contributed by atoms with Crippen LogP contribution in [0.25, 0.3) is 0 Å². The Morgan fingerprint density at radius 3 is 2.65 bits per heavy atom. The molecule has 1 fully saturated rings. The van der Waals surface area contributed by atoms with Gasteiger partial charge in [0.05, 0.1) is 0 Å². The summed E-state index contributed by atoms with van der Waals surface area (Å²) in [5, 5.41) is 0.777. The zero-order valence-electron chi connectivity index (χ0n) is 9.69. The molecule has 1 saturated heterocycles. The molecule has 17 heavy (non-hydrogen) atoms. The third-order valence-electron chi connectivity index (χ3n) is 2.99. The van der Waals surface area contributed by atoms with Gasteiger partial charge in [-0.15, -0.1) is 0 Å². The second-order valence-electron chi connectivity index (χ2n) is 4.15. The van der Waals surface area contributed by atoms with Crippen molar-refractivity contribution in [2.24, 2.45) is 5.73 Å². The molecule has 0 atom stereocenters. The van der Waals surface area contributed by atoms with Crippen LogP contribution in [0.3, 0.4) is 0 Å². The Hall–Kier alpha value is -0.580. The fraction of sp³-hybridized carbons (Fsp3) is 0.500. The van der Waals surface area contributed by atoms with Gasteiger partial charge in [0.25, 0.3) is 0 Å². The topological polar surface area (TPSA) is 46.3 Å². The highest BCUT2D eigenvalue weighted by atomic mass is 35.5. The first-order valence-electron chi connectivity index (χ1n) is 5.79. The Bertz CT molecular complexity index is 415. The van der Waals surface area contributed by atoms with Crippen molar-refractivity contribution >= 4 is 28.1 Å². The molecule has 1 aliphatic rings. The minimum Gasteiger partial charge on any atom is -0.370 e. The van der Waals surface area contributed by atoms with Crippen LogP contribution in [0.4, 0.5) is 5.69 Å². The number of anilines is 1. The van der Waals surface area contributed by atoms with Gasteiger partial charge in [0.1, 0.15) is 0 Å². The fourth-order valence-electron chi connectivity index (χ4n) is 1.99. The molecule has 1 heterocycles. The molecule has 0 aromatic heterocycles. The number of benzene rings is 1. The van der Waals surface area contributed by atoms with Crippen LogP contribution in [0, 0.1) is 0 Å². The molecule has 1 aromatic rings. The minimum atomic E-state index is -0.639. The van der Waals surface area contributed by atoms with E-state index < -0.39 is 10.8 Å². The second-order valence-corrected chi connectivity index (χ2v) is 6.25. The van der Waals surface area contributed by atoms with Crippen molar-refractivity contribution in [1.82, 2.24) is 0 Å². The third kappa shape index (κ3) is 3.21. The first kappa shape index (κ1) is 12.9. The van der Waals surface area contributed by atoms with E-state index in [1.807, 2.05) is 12.1 Å². The number of nitrogens with two attached hydrogens (primary N) is 1. The lowest BCUT2D eigenvalue weighted by molar-refractivity contribution is 0.673. The highest BCUT2D eigenvalue weighted by Crippen LogP contribution is 2.24. The van der Waals surface area contributed by atoms with Crippen LogP contribution in [0.2, 0.25) is 5.02 Å². The normalized spacial score (nSPS) is 17.4. The molecule has 2 N–H and O–H groups in total. The van der Waals surface area contributed by atoms with E-state index in [0.29, 0.717) is 6.54 Å². The lowest BCUT2D eigenvalue weighted by Crippen LogP contribution is -2.37. The Morgan fingerprint density at radius 2 is 2.06 bits per heavy atom. The first-order valence-corrected chi connectivity index (χ1v) is 7.65. The summed E-state index contributed by atoms with van der Waals surface area (Å²) in [5.41, 5.74) is 7.74. The highest BCUT2D eigenvalue weighted by molar-refractivity contribution is 7.85. The van der Waals surface area contributed by atoms with Crippen molar-refractivity contribution in [1.29, 1.82) is 0 Å². The minimum absolute atomic E-state index is 0.613. The number of hydrogen-bond donors (Lipinski definition) is 1. The van der Waals surface area contributed by atoms with Gasteiger partial charge in [-0.1, -0.05) is 17.7 Å². The lowest BCUT2D eigenvalue weighted by Gasteiger charge is -2.28. The van der Waals surface area contributed by atoms with Gasteiger partial charge in [-0.25, -0.2) is 0 Å². The van der Waals surface area contributed by atoms with Crippen LogP contribution < -0.4 is 10.6 Å². The van der Waals surface area contributed by atoms with Gasteiger partial charge in [-0.2, -0.15) is 0 Å². The maximum atomic E-state index is 11.3. The smallest absolute Gasteiger partial charge is 0.0459 e. The monoisotopic (exact) mass is 272 g/mol. The molecule has 1 aromatic carbocycles. The van der Waals surface area contributed by atoms with E-state index in [1.165, 1.54) is 0 Å². The van der Waals surface area contributed by atoms with Crippen molar-refractivity contribution in [3.05, 3.63) is 28.8 Å². The summed E-state index contributed by atoms with van der Waals surface area (Å²) < 4.78 is 11.3. The zero-order chi connectivity index (χ0) is 12.3. The van der Waals surface area contributed by atoms with Crippen LogP contribution in [-0.2, 0) is 17.2 Å². The van der Waals surface area contributed by atoms with Crippen molar-refractivity contribution < 1.29 is 4.21 Å². The summed E-state index contributed by atoms with van der Waals surface area (Å²) in [5.74, 6) is 1.50. The summed E-state index contributed by atoms with van der Waals surface area (Å²) in [6, 6.07) is 6.10. The molecule has 0 unspecified atom stereocenters. The Labute approximate surface area is 109 Å². The number of hydrogen-bond acceptors (Lipinski definition) is 3. The van der Waals surface area contributed by atoms with Crippen LogP contribution in [0.1, 0.15) is 5.56 Å². The van der Waals surface area contributed by atoms with E-state index in [0.717, 1.165) is 47.3 Å². The molecule has 0 spiro atoms. The van der Waals surface area contributed by atoms with E-state index in [4.69, 9.17) is 17.3 Å². The Morgan fingerprint density at radius 1 is 1.35 bits per heavy atom. The average Bonchev–Trinajstić information content (AvgIpc) is 2.33. The van der Waals surface area contributed by atoms with Crippen molar-refractivity contribution in [3.8, 4) is 0 Å². The fourth-order valence-corrected chi connectivity index (χ4v) is 3.31. The molecule has 94 valence electrons. The van der Waals surface area contributed by atoms with Crippen LogP contribution in [-0.4, -0.2) is 35.3 Å². The summed E-state index contributed by atoms with van der Waals surface area (Å²) in [6.07, 6.45) is 0.809. The van der Waals surface area contributed by atoms with E-state index in [2.05, 4.69) is 11.0 Å². The molecule has 0 aliphatic carbocycles. The number of rotatable bonds is 3. The van der Waals surface area contributed by atoms with Gasteiger partial charge in [0, 0.05) is 46.1 Å². The SMILES string of the molecule is NCCc1ccc(N2CCS(=O)CC2)cc1Cl. The summed E-state index contributed by atoms with van der Waals surface area (Å²) in [7, 11) is -0.639. The van der Waals surface area contributed by atoms with Crippen molar-refractivity contribution in [2.75, 3.05) is 36.0 Å². The maximum Gasteiger partial charge on any atom is 0.0459 e. The van der Waals surface area contributed by atoms with E-state index >= 15 is 0 Å². The van der Waals surface area contributed by atoms with E-state index in [9.17, 15) is 4.21 Å². The highest BCUT2D eigenvalue weighted by Gasteiger charge is 2.16. The predicted octanol–water partition coefficient (Wildman–Crippen LogP) is 1.41. The number of nitrogens with zero attached hydrogens (tertiary/aromatic N) is 1. The quantitative estimate of drug-likeness (QED) is 0.905. The maximum absolute atomic E-state index is 11.3. The second kappa shape index (κ2) is 5.85. The zero-order valence-corrected chi connectivity index (χ0v) is 11.3. The standard InChI is InChI=1S/C12H17ClN2OS/c13-12-9-11(2-1-10(12)3-4-14)15-5-7-17(16)8-6-15/h1-2,9H,3-8,14H2. The molecule has 3 nitrogen and oxygen atoms in total. The predicted molar refractivity (Wildman–Crippen MR) is 74.3 cm³/mol. The Balaban J connectivity index is 2.11. The molecule has 5 heteroatoms. The van der Waals surface area contributed by atoms with Crippen LogP contribution in [0.5, 0.6) is 0 Å². The summed E-state index contributed by atoms with van der Waals surface area (Å²) >= 11 is 6.21. The van der Waals surface area contributed by atoms with Gasteiger partial charge >= 0.3 is 0 Å². The van der Waals surface area contributed by atoms with E-state index in [-0.39, 0.29) is 0 Å². The van der Waals surface area contributed by atoms with Gasteiger partial charge < -0.3 is 10.6 Å². The summed E-state index contributed by atoms with van der Waals surface area (Å²) in [6.45, 7) is 2.31. The van der Waals surface area contributed by atoms with Crippen LogP contribution in [0.15, 0.2) is 18.2 Å². The molecular weight excluding hydrogens is 256 g/mol. The van der Waals surface area contributed by atoms with Gasteiger partial charge in [0.15, 0.2) is 0 Å². The molecule has 0 amide bonds. The molecule has 0 bridgehead atoms. The molecule has 1 aliphatic heterocycles. The van der Waals surface area contributed by atoms with Crippen molar-refractivity contribution in [2.45, 2.75) is 6.42 Å². The summed E-state index contributed by atoms with van der Waals surface area (Å²) in [4.78, 5) is 2.24.